The van der Waals surface area contributed by atoms with E-state index in [-0.39, 0.29) is 23.7 Å². The molecule has 3 N–H and O–H groups in total. The van der Waals surface area contributed by atoms with Crippen molar-refractivity contribution in [1.82, 2.24) is 9.99 Å². The van der Waals surface area contributed by atoms with Crippen LogP contribution in [0.1, 0.15) is 22.2 Å². The molecule has 112 valence electrons. The third-order valence-electron chi connectivity index (χ3n) is 2.45. The number of nitrogens with zero attached hydrogens (tertiary/aromatic N) is 1. The zero-order valence-corrected chi connectivity index (χ0v) is 11.7. The molecule has 2 aromatic heterocycles. The Morgan fingerprint density at radius 1 is 1.38 bits per heavy atom. The SMILES string of the molecule is CCOC(=O)NCc1cc(C(=O)O)c(Nn2c(=O)c2=O)s1. The quantitative estimate of drug-likeness (QED) is 0.639. The number of carboxylic acid groups (broad SMARTS) is 1. The highest BCUT2D eigenvalue weighted by molar-refractivity contribution is 7.16. The fourth-order valence-electron chi connectivity index (χ4n) is 1.45. The van der Waals surface area contributed by atoms with E-state index in [1.165, 1.54) is 6.07 Å². The van der Waals surface area contributed by atoms with Crippen molar-refractivity contribution < 1.29 is 19.4 Å². The molecule has 0 atom stereocenters. The number of anilines is 1. The summed E-state index contributed by atoms with van der Waals surface area (Å²) in [7, 11) is 0. The summed E-state index contributed by atoms with van der Waals surface area (Å²) in [5.41, 5.74) is 0.876. The maximum absolute atomic E-state index is 11.2. The molecule has 0 saturated carbocycles. The van der Waals surface area contributed by atoms with Gasteiger partial charge in [-0.15, -0.1) is 11.3 Å². The first-order chi connectivity index (χ1) is 9.93. The molecule has 2 aromatic rings. The molecule has 0 bridgehead atoms. The molecule has 0 unspecified atom stereocenters. The Labute approximate surface area is 121 Å². The number of carboxylic acids is 1. The lowest BCUT2D eigenvalue weighted by Crippen LogP contribution is -2.23. The van der Waals surface area contributed by atoms with Gasteiger partial charge >= 0.3 is 23.2 Å². The lowest BCUT2D eigenvalue weighted by Gasteiger charge is -2.02. The Morgan fingerprint density at radius 2 is 2.05 bits per heavy atom. The maximum Gasteiger partial charge on any atom is 0.407 e. The van der Waals surface area contributed by atoms with Crippen molar-refractivity contribution in [2.75, 3.05) is 12.0 Å². The first-order valence-corrected chi connectivity index (χ1v) is 6.67. The molecule has 2 rings (SSSR count). The number of aromatic carboxylic acids is 1. The van der Waals surface area contributed by atoms with E-state index in [4.69, 9.17) is 5.11 Å². The van der Waals surface area contributed by atoms with Crippen LogP contribution in [0.25, 0.3) is 0 Å². The van der Waals surface area contributed by atoms with E-state index in [1.807, 2.05) is 0 Å². The van der Waals surface area contributed by atoms with Gasteiger partial charge in [-0.05, 0) is 13.0 Å². The number of carbonyl (C=O) groups excluding carboxylic acids is 1. The predicted molar refractivity (Wildman–Crippen MR) is 73.5 cm³/mol. The van der Waals surface area contributed by atoms with Gasteiger partial charge in [-0.25, -0.2) is 9.59 Å². The van der Waals surface area contributed by atoms with Crippen molar-refractivity contribution in [1.29, 1.82) is 0 Å². The molecular formula is C11H11N3O6S. The number of alkyl carbamates (subject to hydrolysis) is 1. The fourth-order valence-corrected chi connectivity index (χ4v) is 2.43. The molecule has 21 heavy (non-hydrogen) atoms. The van der Waals surface area contributed by atoms with Gasteiger partial charge in [0.25, 0.3) is 0 Å². The van der Waals surface area contributed by atoms with Crippen LogP contribution in [-0.2, 0) is 11.3 Å². The molecule has 0 aliphatic carbocycles. The van der Waals surface area contributed by atoms with E-state index in [2.05, 4.69) is 15.5 Å². The summed E-state index contributed by atoms with van der Waals surface area (Å²) in [5, 5.41) is 11.7. The standard InChI is InChI=1S/C11H11N3O6S/c1-2-20-11(19)12-4-5-3-6(10(17)18)7(21-5)13-14-8(15)9(14)16/h3,13H,2,4H2,1H3,(H,12,19)(H,17,18). The Kier molecular flexibility index (Phi) is 4.08. The minimum atomic E-state index is -1.21. The molecule has 0 spiro atoms. The molecule has 0 fully saturated rings. The van der Waals surface area contributed by atoms with Gasteiger partial charge in [-0.2, -0.15) is 4.68 Å². The van der Waals surface area contributed by atoms with Crippen molar-refractivity contribution >= 4 is 28.4 Å². The van der Waals surface area contributed by atoms with Gasteiger partial charge in [0.2, 0.25) is 0 Å². The highest BCUT2D eigenvalue weighted by Crippen LogP contribution is 2.28. The average molecular weight is 313 g/mol. The highest BCUT2D eigenvalue weighted by atomic mass is 32.1. The van der Waals surface area contributed by atoms with Crippen LogP contribution in [-0.4, -0.2) is 28.5 Å². The van der Waals surface area contributed by atoms with Crippen molar-refractivity contribution in [3.05, 3.63) is 37.2 Å². The minimum Gasteiger partial charge on any atom is -0.478 e. The number of carbonyl (C=O) groups is 2. The van der Waals surface area contributed by atoms with Gasteiger partial charge in [0.1, 0.15) is 5.00 Å². The number of amides is 1. The predicted octanol–water partition coefficient (Wildman–Crippen LogP) is -0.0349. The summed E-state index contributed by atoms with van der Waals surface area (Å²) >= 11 is 1.01. The summed E-state index contributed by atoms with van der Waals surface area (Å²) in [5.74, 6) is -1.21. The molecule has 0 aliphatic rings. The number of thiophene rings is 1. The van der Waals surface area contributed by atoms with Gasteiger partial charge in [-0.1, -0.05) is 0 Å². The molecule has 10 heteroatoms. The molecule has 9 nitrogen and oxygen atoms in total. The topological polar surface area (TPSA) is 127 Å². The van der Waals surface area contributed by atoms with E-state index < -0.39 is 23.2 Å². The van der Waals surface area contributed by atoms with Crippen LogP contribution in [0.4, 0.5) is 9.80 Å². The molecule has 0 saturated heterocycles. The Morgan fingerprint density at radius 3 is 2.57 bits per heavy atom. The van der Waals surface area contributed by atoms with Crippen LogP contribution in [0.3, 0.4) is 0 Å². The maximum atomic E-state index is 11.2. The number of nitrogens with one attached hydrogen (secondary N) is 2. The van der Waals surface area contributed by atoms with Crippen LogP contribution in [0.15, 0.2) is 15.7 Å². The van der Waals surface area contributed by atoms with Gasteiger partial charge in [0.15, 0.2) is 0 Å². The minimum absolute atomic E-state index is 0.0767. The van der Waals surface area contributed by atoms with Crippen molar-refractivity contribution in [2.24, 2.45) is 0 Å². The van der Waals surface area contributed by atoms with E-state index in [9.17, 15) is 19.2 Å². The summed E-state index contributed by atoms with van der Waals surface area (Å²) in [6.45, 7) is 1.96. The normalized spacial score (nSPS) is 10.5. The third kappa shape index (κ3) is 3.28. The van der Waals surface area contributed by atoms with Gasteiger partial charge in [0, 0.05) is 4.88 Å². The summed E-state index contributed by atoms with van der Waals surface area (Å²) in [6, 6.07) is 1.35. The molecule has 0 aromatic carbocycles. The second kappa shape index (κ2) is 5.79. The number of rotatable bonds is 6. The number of aromatic nitrogens is 1. The van der Waals surface area contributed by atoms with Gasteiger partial charge in [-0.3, -0.25) is 15.0 Å². The first-order valence-electron chi connectivity index (χ1n) is 5.85. The van der Waals surface area contributed by atoms with Crippen molar-refractivity contribution in [3.8, 4) is 0 Å². The summed E-state index contributed by atoms with van der Waals surface area (Å²) in [6.07, 6.45) is -0.617. The molecule has 2 heterocycles. The van der Waals surface area contributed by atoms with Crippen LogP contribution in [0.5, 0.6) is 0 Å². The number of hydrogen-bond donors (Lipinski definition) is 3. The number of ether oxygens (including phenoxy) is 1. The zero-order chi connectivity index (χ0) is 15.6. The third-order valence-corrected chi connectivity index (χ3v) is 3.49. The highest BCUT2D eigenvalue weighted by Gasteiger charge is 2.21. The van der Waals surface area contributed by atoms with E-state index in [0.717, 1.165) is 11.3 Å². The van der Waals surface area contributed by atoms with Gasteiger partial charge in [0.05, 0.1) is 18.7 Å². The first kappa shape index (κ1) is 14.8. The van der Waals surface area contributed by atoms with E-state index in [0.29, 0.717) is 9.55 Å². The second-order valence-corrected chi connectivity index (χ2v) is 5.03. The smallest absolute Gasteiger partial charge is 0.407 e. The average Bonchev–Trinajstić information content (AvgIpc) is 2.86. The Balaban J connectivity index is 2.11. The Bertz CT molecular complexity index is 729. The van der Waals surface area contributed by atoms with Crippen LogP contribution < -0.4 is 21.9 Å². The molecular weight excluding hydrogens is 302 g/mol. The van der Waals surface area contributed by atoms with E-state index >= 15 is 0 Å². The van der Waals surface area contributed by atoms with Gasteiger partial charge < -0.3 is 15.2 Å². The number of hydrogen-bond acceptors (Lipinski definition) is 7. The molecule has 0 radical (unpaired) electrons. The fraction of sp³-hybridized carbons (Fsp3) is 0.273. The monoisotopic (exact) mass is 313 g/mol. The Hall–Kier alpha value is -2.62. The van der Waals surface area contributed by atoms with Crippen LogP contribution >= 0.6 is 11.3 Å². The van der Waals surface area contributed by atoms with E-state index in [1.54, 1.807) is 6.92 Å². The molecule has 0 aliphatic heterocycles. The zero-order valence-electron chi connectivity index (χ0n) is 10.8. The van der Waals surface area contributed by atoms with Crippen molar-refractivity contribution in [2.45, 2.75) is 13.5 Å². The summed E-state index contributed by atoms with van der Waals surface area (Å²) < 4.78 is 5.39. The second-order valence-electron chi connectivity index (χ2n) is 3.89. The largest absolute Gasteiger partial charge is 0.478 e. The summed E-state index contributed by atoms with van der Waals surface area (Å²) in [4.78, 5) is 44.6. The van der Waals surface area contributed by atoms with Crippen LogP contribution in [0.2, 0.25) is 0 Å². The van der Waals surface area contributed by atoms with Crippen LogP contribution in [0, 0.1) is 0 Å². The lowest BCUT2D eigenvalue weighted by atomic mass is 10.3. The lowest BCUT2D eigenvalue weighted by molar-refractivity contribution is 0.0698. The molecule has 1 amide bonds. The van der Waals surface area contributed by atoms with Crippen molar-refractivity contribution in [3.63, 3.8) is 0 Å².